The van der Waals surface area contributed by atoms with Gasteiger partial charge in [-0.15, -0.1) is 11.3 Å². The second-order valence-corrected chi connectivity index (χ2v) is 6.79. The fourth-order valence-corrected chi connectivity index (χ4v) is 3.13. The van der Waals surface area contributed by atoms with Crippen molar-refractivity contribution >= 4 is 62.4 Å². The molecular formula is C16H11Cl2N3O3S. The van der Waals surface area contributed by atoms with Crippen LogP contribution in [0.2, 0.25) is 10.0 Å². The van der Waals surface area contributed by atoms with Crippen LogP contribution < -0.4 is 5.32 Å². The Kier molecular flexibility index (Phi) is 5.17. The monoisotopic (exact) mass is 395 g/mol. The van der Waals surface area contributed by atoms with Crippen molar-refractivity contribution in [1.82, 2.24) is 9.97 Å². The molecule has 0 aliphatic heterocycles. The minimum absolute atomic E-state index is 0.144. The van der Waals surface area contributed by atoms with Gasteiger partial charge in [0.1, 0.15) is 0 Å². The molecule has 6 nitrogen and oxygen atoms in total. The smallest absolute Gasteiger partial charge is 0.338 e. The number of halogens is 2. The molecule has 1 N–H and O–H groups in total. The first kappa shape index (κ1) is 17.6. The Hall–Kier alpha value is -2.22. The van der Waals surface area contributed by atoms with Gasteiger partial charge in [-0.25, -0.2) is 14.8 Å². The van der Waals surface area contributed by atoms with Crippen molar-refractivity contribution in [2.75, 3.05) is 5.32 Å². The van der Waals surface area contributed by atoms with Crippen LogP contribution in [-0.2, 0) is 9.53 Å². The largest absolute Gasteiger partial charge is 0.449 e. The molecule has 0 unspecified atom stereocenters. The summed E-state index contributed by atoms with van der Waals surface area (Å²) in [7, 11) is 0. The summed E-state index contributed by atoms with van der Waals surface area (Å²) in [6, 6.07) is 6.46. The van der Waals surface area contributed by atoms with E-state index in [1.54, 1.807) is 23.7 Å². The maximum Gasteiger partial charge on any atom is 0.338 e. The lowest BCUT2D eigenvalue weighted by molar-refractivity contribution is -0.123. The molecule has 3 aromatic rings. The molecule has 25 heavy (non-hydrogen) atoms. The lowest BCUT2D eigenvalue weighted by Crippen LogP contribution is -2.30. The summed E-state index contributed by atoms with van der Waals surface area (Å²) in [5.74, 6) is -1.01. The van der Waals surface area contributed by atoms with E-state index in [1.165, 1.54) is 30.5 Å². The summed E-state index contributed by atoms with van der Waals surface area (Å²) in [4.78, 5) is 32.4. The summed E-state index contributed by atoms with van der Waals surface area (Å²) in [6.45, 7) is 1.46. The van der Waals surface area contributed by atoms with E-state index in [-0.39, 0.29) is 10.8 Å². The molecule has 0 fully saturated rings. The van der Waals surface area contributed by atoms with Crippen LogP contribution >= 0.6 is 34.5 Å². The van der Waals surface area contributed by atoms with Crippen LogP contribution in [0, 0.1) is 0 Å². The Morgan fingerprint density at radius 1 is 1.24 bits per heavy atom. The second-order valence-electron chi connectivity index (χ2n) is 5.06. The molecule has 1 amide bonds. The molecule has 1 atom stereocenters. The first-order valence-corrected chi connectivity index (χ1v) is 8.74. The number of hydrogen-bond acceptors (Lipinski definition) is 6. The lowest BCUT2D eigenvalue weighted by Gasteiger charge is -2.13. The molecule has 9 heteroatoms. The molecule has 0 bridgehead atoms. The lowest BCUT2D eigenvalue weighted by atomic mass is 10.2. The highest BCUT2D eigenvalue weighted by Gasteiger charge is 2.20. The molecule has 0 saturated heterocycles. The number of benzene rings is 1. The number of ether oxygens (including phenoxy) is 1. The summed E-state index contributed by atoms with van der Waals surface area (Å²) >= 11 is 13.1. The van der Waals surface area contributed by atoms with Crippen LogP contribution in [-0.4, -0.2) is 27.9 Å². The Labute approximate surface area is 156 Å². The number of anilines is 1. The van der Waals surface area contributed by atoms with E-state index in [4.69, 9.17) is 27.9 Å². The van der Waals surface area contributed by atoms with E-state index in [9.17, 15) is 9.59 Å². The Morgan fingerprint density at radius 2 is 2.04 bits per heavy atom. The molecule has 0 aliphatic rings. The number of thiazole rings is 1. The van der Waals surface area contributed by atoms with Crippen LogP contribution in [0.5, 0.6) is 0 Å². The zero-order valence-corrected chi connectivity index (χ0v) is 15.2. The number of amides is 1. The van der Waals surface area contributed by atoms with Crippen molar-refractivity contribution in [2.24, 2.45) is 0 Å². The molecule has 2 heterocycles. The average molecular weight is 396 g/mol. The summed E-state index contributed by atoms with van der Waals surface area (Å²) < 4.78 is 6.06. The molecule has 1 aromatic carbocycles. The van der Waals surface area contributed by atoms with Crippen LogP contribution in [0.25, 0.3) is 10.2 Å². The molecule has 0 saturated carbocycles. The third-order valence-electron chi connectivity index (χ3n) is 3.27. The van der Waals surface area contributed by atoms with Crippen LogP contribution in [0.3, 0.4) is 0 Å². The quantitative estimate of drug-likeness (QED) is 0.669. The highest BCUT2D eigenvalue weighted by atomic mass is 35.5. The van der Waals surface area contributed by atoms with Crippen molar-refractivity contribution in [3.05, 3.63) is 51.6 Å². The minimum Gasteiger partial charge on any atom is -0.449 e. The van der Waals surface area contributed by atoms with Crippen molar-refractivity contribution in [3.63, 3.8) is 0 Å². The van der Waals surface area contributed by atoms with E-state index in [2.05, 4.69) is 15.3 Å². The molecule has 0 spiro atoms. The number of pyridine rings is 1. The van der Waals surface area contributed by atoms with Crippen LogP contribution in [0.15, 0.2) is 36.0 Å². The standard InChI is InChI=1S/C16H11Cl2N3O3S/c1-8(15(22)21-14-11(18)5-10(17)6-19-14)24-16(23)9-2-3-12-13(4-9)25-7-20-12/h2-8H,1H3,(H,19,21,22)/t8-/m0/s1. The van der Waals surface area contributed by atoms with Gasteiger partial charge in [-0.2, -0.15) is 0 Å². The number of hydrogen-bond donors (Lipinski definition) is 1. The van der Waals surface area contributed by atoms with Gasteiger partial charge in [0.15, 0.2) is 11.9 Å². The fraction of sp³-hybridized carbons (Fsp3) is 0.125. The van der Waals surface area contributed by atoms with Crippen LogP contribution in [0.1, 0.15) is 17.3 Å². The molecular weight excluding hydrogens is 385 g/mol. The molecule has 0 radical (unpaired) electrons. The Morgan fingerprint density at radius 3 is 2.80 bits per heavy atom. The van der Waals surface area contributed by atoms with E-state index >= 15 is 0 Å². The zero-order valence-electron chi connectivity index (χ0n) is 12.8. The third-order valence-corrected chi connectivity index (χ3v) is 4.56. The number of aromatic nitrogens is 2. The first-order valence-electron chi connectivity index (χ1n) is 7.10. The zero-order chi connectivity index (χ0) is 18.0. The van der Waals surface area contributed by atoms with E-state index < -0.39 is 18.0 Å². The number of nitrogens with zero attached hydrogens (tertiary/aromatic N) is 2. The van der Waals surface area contributed by atoms with Crippen molar-refractivity contribution < 1.29 is 14.3 Å². The van der Waals surface area contributed by atoms with Gasteiger partial charge in [-0.05, 0) is 31.2 Å². The SMILES string of the molecule is C[C@H](OC(=O)c1ccc2ncsc2c1)C(=O)Nc1ncc(Cl)cc1Cl. The summed E-state index contributed by atoms with van der Waals surface area (Å²) in [5.41, 5.74) is 2.84. The number of rotatable bonds is 4. The topological polar surface area (TPSA) is 81.2 Å². The van der Waals surface area contributed by atoms with Crippen molar-refractivity contribution in [3.8, 4) is 0 Å². The molecule has 128 valence electrons. The highest BCUT2D eigenvalue weighted by molar-refractivity contribution is 7.16. The van der Waals surface area contributed by atoms with Crippen LogP contribution in [0.4, 0.5) is 5.82 Å². The number of carbonyl (C=O) groups excluding carboxylic acids is 2. The Balaban J connectivity index is 1.66. The Bertz CT molecular complexity index is 961. The van der Waals surface area contributed by atoms with Gasteiger partial charge in [0, 0.05) is 6.20 Å². The molecule has 2 aromatic heterocycles. The third kappa shape index (κ3) is 4.07. The van der Waals surface area contributed by atoms with E-state index in [0.29, 0.717) is 10.6 Å². The normalized spacial score (nSPS) is 12.0. The van der Waals surface area contributed by atoms with Gasteiger partial charge >= 0.3 is 5.97 Å². The second kappa shape index (κ2) is 7.35. The van der Waals surface area contributed by atoms with Gasteiger partial charge in [-0.3, -0.25) is 4.79 Å². The van der Waals surface area contributed by atoms with Gasteiger partial charge in [0.05, 0.1) is 31.3 Å². The number of esters is 1. The van der Waals surface area contributed by atoms with Gasteiger partial charge in [-0.1, -0.05) is 23.2 Å². The predicted octanol–water partition coefficient (Wildman–Crippen LogP) is 4.18. The number of nitrogens with one attached hydrogen (secondary N) is 1. The first-order chi connectivity index (χ1) is 11.9. The summed E-state index contributed by atoms with van der Waals surface area (Å²) in [6.07, 6.45) is 0.322. The maximum atomic E-state index is 12.2. The minimum atomic E-state index is -1.03. The average Bonchev–Trinajstić information content (AvgIpc) is 3.04. The number of carbonyl (C=O) groups is 2. The van der Waals surface area contributed by atoms with Crippen molar-refractivity contribution in [2.45, 2.75) is 13.0 Å². The van der Waals surface area contributed by atoms with Gasteiger partial charge in [0.2, 0.25) is 0 Å². The fourth-order valence-electron chi connectivity index (χ4n) is 1.99. The van der Waals surface area contributed by atoms with E-state index in [1.807, 2.05) is 0 Å². The molecule has 0 aliphatic carbocycles. The maximum absolute atomic E-state index is 12.2. The van der Waals surface area contributed by atoms with Crippen molar-refractivity contribution in [1.29, 1.82) is 0 Å². The van der Waals surface area contributed by atoms with E-state index in [0.717, 1.165) is 10.2 Å². The highest BCUT2D eigenvalue weighted by Crippen LogP contribution is 2.23. The molecule has 3 rings (SSSR count). The predicted molar refractivity (Wildman–Crippen MR) is 97.4 cm³/mol. The van der Waals surface area contributed by atoms with Gasteiger partial charge in [0.25, 0.3) is 5.91 Å². The van der Waals surface area contributed by atoms with Gasteiger partial charge < -0.3 is 10.1 Å². The summed E-state index contributed by atoms with van der Waals surface area (Å²) in [5, 5.41) is 3.03. The number of fused-ring (bicyclic) bond motifs is 1.